The molecule has 1 aliphatic heterocycles. The van der Waals surface area contributed by atoms with Crippen molar-refractivity contribution in [1.82, 2.24) is 0 Å². The number of ether oxygens (including phenoxy) is 2. The van der Waals surface area contributed by atoms with Crippen LogP contribution in [0.25, 0.3) is 0 Å². The Morgan fingerprint density at radius 2 is 2.06 bits per heavy atom. The van der Waals surface area contributed by atoms with Gasteiger partial charge in [0.1, 0.15) is 0 Å². The van der Waals surface area contributed by atoms with Crippen LogP contribution in [0.2, 0.25) is 0 Å². The van der Waals surface area contributed by atoms with Gasteiger partial charge in [0, 0.05) is 19.1 Å². The molecule has 0 aromatic rings. The fourth-order valence-electron chi connectivity index (χ4n) is 3.73. The van der Waals surface area contributed by atoms with Crippen LogP contribution in [0.15, 0.2) is 23.3 Å². The Kier molecular flexibility index (Phi) is 3.98. The van der Waals surface area contributed by atoms with Gasteiger partial charge in [0.15, 0.2) is 0 Å². The van der Waals surface area contributed by atoms with Crippen LogP contribution in [-0.2, 0) is 9.47 Å². The zero-order chi connectivity index (χ0) is 13.3. The molecule has 0 aromatic carbocycles. The van der Waals surface area contributed by atoms with Gasteiger partial charge < -0.3 is 9.47 Å². The number of rotatable bonds is 1. The summed E-state index contributed by atoms with van der Waals surface area (Å²) in [6.07, 6.45) is 4.73. The van der Waals surface area contributed by atoms with Gasteiger partial charge in [-0.25, -0.2) is 0 Å². The van der Waals surface area contributed by atoms with E-state index < -0.39 is 0 Å². The fraction of sp³-hybridized carbons (Fsp3) is 0.750. The van der Waals surface area contributed by atoms with E-state index in [-0.39, 0.29) is 17.6 Å². The third kappa shape index (κ3) is 2.06. The molecule has 2 rings (SSSR count). The lowest BCUT2D eigenvalue weighted by Gasteiger charge is -2.49. The lowest BCUT2D eigenvalue weighted by molar-refractivity contribution is -0.0781. The van der Waals surface area contributed by atoms with E-state index in [1.165, 1.54) is 5.57 Å². The average Bonchev–Trinajstić information content (AvgIpc) is 2.33. The first-order chi connectivity index (χ1) is 8.51. The predicted molar refractivity (Wildman–Crippen MR) is 74.6 cm³/mol. The molecule has 1 saturated carbocycles. The Morgan fingerprint density at radius 1 is 1.33 bits per heavy atom. The van der Waals surface area contributed by atoms with Gasteiger partial charge in [-0.1, -0.05) is 24.6 Å². The lowest BCUT2D eigenvalue weighted by Crippen LogP contribution is -2.49. The van der Waals surface area contributed by atoms with Crippen molar-refractivity contribution in [2.24, 2.45) is 5.41 Å². The van der Waals surface area contributed by atoms with Crippen molar-refractivity contribution in [3.05, 3.63) is 23.3 Å². The van der Waals surface area contributed by atoms with E-state index in [0.29, 0.717) is 0 Å². The molecule has 0 radical (unpaired) electrons. The lowest BCUT2D eigenvalue weighted by atomic mass is 9.63. The van der Waals surface area contributed by atoms with Crippen LogP contribution in [0, 0.1) is 5.41 Å². The van der Waals surface area contributed by atoms with Gasteiger partial charge in [-0.3, -0.25) is 0 Å². The molecular formula is C16H26O2. The largest absolute Gasteiger partial charge is 0.377 e. The smallest absolute Gasteiger partial charge is 0.0894 e. The Morgan fingerprint density at radius 3 is 2.72 bits per heavy atom. The Balaban J connectivity index is 2.50. The van der Waals surface area contributed by atoms with Crippen molar-refractivity contribution in [2.45, 2.75) is 58.7 Å². The number of hydrogen-bond donors (Lipinski definition) is 0. The summed E-state index contributed by atoms with van der Waals surface area (Å²) in [6, 6.07) is 0. The van der Waals surface area contributed by atoms with Crippen molar-refractivity contribution in [3.63, 3.8) is 0 Å². The molecule has 2 nitrogen and oxygen atoms in total. The van der Waals surface area contributed by atoms with Gasteiger partial charge in [-0.15, -0.1) is 0 Å². The van der Waals surface area contributed by atoms with E-state index in [9.17, 15) is 0 Å². The van der Waals surface area contributed by atoms with E-state index >= 15 is 0 Å². The van der Waals surface area contributed by atoms with E-state index in [0.717, 1.165) is 32.3 Å². The van der Waals surface area contributed by atoms with Gasteiger partial charge in [-0.2, -0.15) is 0 Å². The number of hydrogen-bond acceptors (Lipinski definition) is 2. The highest BCUT2D eigenvalue weighted by atomic mass is 16.5. The molecule has 0 amide bonds. The van der Waals surface area contributed by atoms with Gasteiger partial charge in [0.05, 0.1) is 12.2 Å². The molecule has 18 heavy (non-hydrogen) atoms. The molecule has 2 aliphatic rings. The zero-order valence-electron chi connectivity index (χ0n) is 12.2. The first-order valence-corrected chi connectivity index (χ1v) is 7.03. The second-order valence-electron chi connectivity index (χ2n) is 5.93. The third-order valence-corrected chi connectivity index (χ3v) is 4.92. The van der Waals surface area contributed by atoms with Gasteiger partial charge in [0.2, 0.25) is 0 Å². The maximum atomic E-state index is 6.03. The van der Waals surface area contributed by atoms with Gasteiger partial charge in [0.25, 0.3) is 0 Å². The molecule has 2 heteroatoms. The molecular weight excluding hydrogens is 224 g/mol. The van der Waals surface area contributed by atoms with Crippen molar-refractivity contribution >= 4 is 0 Å². The Bertz CT molecular complexity index is 369. The molecule has 0 saturated heterocycles. The highest BCUT2D eigenvalue weighted by Crippen LogP contribution is 2.49. The van der Waals surface area contributed by atoms with E-state index in [4.69, 9.17) is 9.47 Å². The molecule has 0 aromatic heterocycles. The van der Waals surface area contributed by atoms with Crippen LogP contribution in [0.4, 0.5) is 0 Å². The predicted octanol–water partition coefficient (Wildman–Crippen LogP) is 3.87. The standard InChI is InChI=1S/C16H26O2/c1-11-7-6-10-18-13(3)16(4)14(11)9-8-12(2)15(16)17-5/h13,15H,2,6-10H2,1,3-5H3/b14-11+. The molecule has 1 aliphatic carbocycles. The van der Waals surface area contributed by atoms with Crippen LogP contribution in [-0.4, -0.2) is 25.9 Å². The summed E-state index contributed by atoms with van der Waals surface area (Å²) in [5.41, 5.74) is 4.26. The molecule has 1 fully saturated rings. The molecule has 3 atom stereocenters. The molecule has 0 spiro atoms. The maximum Gasteiger partial charge on any atom is 0.0894 e. The molecule has 102 valence electrons. The van der Waals surface area contributed by atoms with Crippen LogP contribution in [0.3, 0.4) is 0 Å². The summed E-state index contributed by atoms with van der Waals surface area (Å²) >= 11 is 0. The van der Waals surface area contributed by atoms with E-state index in [2.05, 4.69) is 27.4 Å². The molecule has 1 heterocycles. The topological polar surface area (TPSA) is 18.5 Å². The SMILES string of the molecule is C=C1CC/C2=C(/C)CCCOC(C)C2(C)C1OC. The van der Waals surface area contributed by atoms with Crippen LogP contribution < -0.4 is 0 Å². The van der Waals surface area contributed by atoms with Crippen LogP contribution >= 0.6 is 0 Å². The quantitative estimate of drug-likeness (QED) is 0.658. The second-order valence-corrected chi connectivity index (χ2v) is 5.93. The average molecular weight is 250 g/mol. The summed E-state index contributed by atoms with van der Waals surface area (Å²) in [6.45, 7) is 11.8. The van der Waals surface area contributed by atoms with Gasteiger partial charge in [-0.05, 0) is 45.1 Å². The minimum absolute atomic E-state index is 0.0470. The first-order valence-electron chi connectivity index (χ1n) is 7.03. The highest BCUT2D eigenvalue weighted by Gasteiger charge is 2.48. The molecule has 0 bridgehead atoms. The first kappa shape index (κ1) is 13.8. The number of allylic oxidation sites excluding steroid dienone is 1. The monoisotopic (exact) mass is 250 g/mol. The molecule has 0 N–H and O–H groups in total. The fourth-order valence-corrected chi connectivity index (χ4v) is 3.73. The van der Waals surface area contributed by atoms with Crippen molar-refractivity contribution in [2.75, 3.05) is 13.7 Å². The summed E-state index contributed by atoms with van der Waals surface area (Å²) in [4.78, 5) is 0. The number of methoxy groups -OCH3 is 1. The van der Waals surface area contributed by atoms with Crippen molar-refractivity contribution < 1.29 is 9.47 Å². The Labute approximate surface area is 111 Å². The van der Waals surface area contributed by atoms with Crippen molar-refractivity contribution in [3.8, 4) is 0 Å². The van der Waals surface area contributed by atoms with Gasteiger partial charge >= 0.3 is 0 Å². The summed E-state index contributed by atoms with van der Waals surface area (Å²) < 4.78 is 11.8. The summed E-state index contributed by atoms with van der Waals surface area (Å²) in [5.74, 6) is 0. The van der Waals surface area contributed by atoms with Crippen LogP contribution in [0.1, 0.15) is 46.5 Å². The normalized spacial score (nSPS) is 42.1. The second kappa shape index (κ2) is 5.18. The zero-order valence-corrected chi connectivity index (χ0v) is 12.2. The van der Waals surface area contributed by atoms with Crippen molar-refractivity contribution in [1.29, 1.82) is 0 Å². The highest BCUT2D eigenvalue weighted by molar-refractivity contribution is 5.33. The minimum Gasteiger partial charge on any atom is -0.377 e. The Hall–Kier alpha value is -0.600. The maximum absolute atomic E-state index is 6.03. The third-order valence-electron chi connectivity index (χ3n) is 4.92. The molecule has 3 unspecified atom stereocenters. The number of fused-ring (bicyclic) bond motifs is 1. The van der Waals surface area contributed by atoms with Crippen LogP contribution in [0.5, 0.6) is 0 Å². The van der Waals surface area contributed by atoms with E-state index in [1.54, 1.807) is 18.3 Å². The summed E-state index contributed by atoms with van der Waals surface area (Å²) in [5, 5.41) is 0. The minimum atomic E-state index is -0.0470. The summed E-state index contributed by atoms with van der Waals surface area (Å²) in [7, 11) is 1.80. The van der Waals surface area contributed by atoms with E-state index in [1.807, 2.05) is 0 Å².